The molecule has 1 heterocycles. The molecule has 0 bridgehead atoms. The van der Waals surface area contributed by atoms with E-state index in [2.05, 4.69) is 41.4 Å². The maximum absolute atomic E-state index is 6.21. The molecule has 0 aliphatic carbocycles. The van der Waals surface area contributed by atoms with E-state index in [-0.39, 0.29) is 0 Å². The summed E-state index contributed by atoms with van der Waals surface area (Å²) in [5.74, 6) is 2.45. The van der Waals surface area contributed by atoms with Gasteiger partial charge in [0.15, 0.2) is 11.0 Å². The Bertz CT molecular complexity index is 900. The summed E-state index contributed by atoms with van der Waals surface area (Å²) in [5.41, 5.74) is 4.56. The SMILES string of the molecule is Cc1cccc(CSc2nnc(COc3cc(C)c(Cl)c(C)c3)n2C)c1. The number of nitrogens with zero attached hydrogens (tertiary/aromatic N) is 3. The molecule has 2 aromatic carbocycles. The molecule has 136 valence electrons. The van der Waals surface area contributed by atoms with Gasteiger partial charge in [0.1, 0.15) is 12.4 Å². The first-order valence-electron chi connectivity index (χ1n) is 8.40. The third-order valence-electron chi connectivity index (χ3n) is 4.15. The zero-order chi connectivity index (χ0) is 18.7. The maximum atomic E-state index is 6.21. The fraction of sp³-hybridized carbons (Fsp3) is 0.300. The molecule has 0 N–H and O–H groups in total. The van der Waals surface area contributed by atoms with Gasteiger partial charge in [0.25, 0.3) is 0 Å². The molecule has 0 aliphatic rings. The molecule has 0 amide bonds. The van der Waals surface area contributed by atoms with Gasteiger partial charge in [-0.25, -0.2) is 0 Å². The molecular weight excluding hydrogens is 366 g/mol. The van der Waals surface area contributed by atoms with Crippen molar-refractivity contribution in [1.82, 2.24) is 14.8 Å². The molecule has 0 fully saturated rings. The summed E-state index contributed by atoms with van der Waals surface area (Å²) in [5, 5.41) is 10.2. The minimum atomic E-state index is 0.370. The zero-order valence-corrected chi connectivity index (χ0v) is 17.0. The Morgan fingerprint density at radius 1 is 1.08 bits per heavy atom. The van der Waals surface area contributed by atoms with Crippen molar-refractivity contribution >= 4 is 23.4 Å². The number of hydrogen-bond donors (Lipinski definition) is 0. The highest BCUT2D eigenvalue weighted by Crippen LogP contribution is 2.27. The van der Waals surface area contributed by atoms with Crippen molar-refractivity contribution in [3.63, 3.8) is 0 Å². The van der Waals surface area contributed by atoms with Gasteiger partial charge in [-0.3, -0.25) is 0 Å². The summed E-state index contributed by atoms with van der Waals surface area (Å²) in [6.45, 7) is 6.43. The van der Waals surface area contributed by atoms with Crippen LogP contribution >= 0.6 is 23.4 Å². The average molecular weight is 388 g/mol. The maximum Gasteiger partial charge on any atom is 0.191 e. The lowest BCUT2D eigenvalue weighted by molar-refractivity contribution is 0.290. The molecule has 3 rings (SSSR count). The second kappa shape index (κ2) is 8.14. The van der Waals surface area contributed by atoms with Gasteiger partial charge < -0.3 is 9.30 Å². The van der Waals surface area contributed by atoms with Crippen molar-refractivity contribution in [3.8, 4) is 5.75 Å². The highest BCUT2D eigenvalue weighted by Gasteiger charge is 2.11. The van der Waals surface area contributed by atoms with E-state index in [0.29, 0.717) is 6.61 Å². The molecular formula is C20H22ClN3OS. The smallest absolute Gasteiger partial charge is 0.191 e. The summed E-state index contributed by atoms with van der Waals surface area (Å²) < 4.78 is 7.87. The van der Waals surface area contributed by atoms with E-state index in [1.165, 1.54) is 11.1 Å². The Morgan fingerprint density at radius 2 is 1.81 bits per heavy atom. The summed E-state index contributed by atoms with van der Waals surface area (Å²) >= 11 is 7.88. The highest BCUT2D eigenvalue weighted by molar-refractivity contribution is 7.98. The molecule has 0 unspecified atom stereocenters. The van der Waals surface area contributed by atoms with Gasteiger partial charge in [-0.15, -0.1) is 10.2 Å². The first-order valence-corrected chi connectivity index (χ1v) is 9.76. The van der Waals surface area contributed by atoms with E-state index >= 15 is 0 Å². The van der Waals surface area contributed by atoms with E-state index in [1.807, 2.05) is 37.6 Å². The van der Waals surface area contributed by atoms with E-state index in [1.54, 1.807) is 11.8 Å². The monoisotopic (exact) mass is 387 g/mol. The number of halogens is 1. The molecule has 4 nitrogen and oxygen atoms in total. The third kappa shape index (κ3) is 4.40. The van der Waals surface area contributed by atoms with E-state index in [9.17, 15) is 0 Å². The van der Waals surface area contributed by atoms with Crippen LogP contribution in [0.4, 0.5) is 0 Å². The second-order valence-corrected chi connectivity index (χ2v) is 7.72. The van der Waals surface area contributed by atoms with Gasteiger partial charge in [0.05, 0.1) is 0 Å². The van der Waals surface area contributed by atoms with E-state index < -0.39 is 0 Å². The highest BCUT2D eigenvalue weighted by atomic mass is 35.5. The average Bonchev–Trinajstić information content (AvgIpc) is 2.96. The Kier molecular flexibility index (Phi) is 5.89. The summed E-state index contributed by atoms with van der Waals surface area (Å²) in [6, 6.07) is 12.4. The predicted octanol–water partition coefficient (Wildman–Crippen LogP) is 5.27. The van der Waals surface area contributed by atoms with Crippen LogP contribution < -0.4 is 4.74 Å². The van der Waals surface area contributed by atoms with Crippen molar-refractivity contribution in [1.29, 1.82) is 0 Å². The standard InChI is InChI=1S/C20H22ClN3OS/c1-13-6-5-7-16(8-13)12-26-20-23-22-18(24(20)4)11-25-17-9-14(2)19(21)15(3)10-17/h5-10H,11-12H2,1-4H3. The Balaban J connectivity index is 1.63. The molecule has 6 heteroatoms. The van der Waals surface area contributed by atoms with Gasteiger partial charge in [0, 0.05) is 17.8 Å². The lowest BCUT2D eigenvalue weighted by Crippen LogP contribution is -2.04. The van der Waals surface area contributed by atoms with Crippen LogP contribution in [0.3, 0.4) is 0 Å². The van der Waals surface area contributed by atoms with Crippen LogP contribution in [0.25, 0.3) is 0 Å². The van der Waals surface area contributed by atoms with Crippen molar-refractivity contribution in [2.24, 2.45) is 7.05 Å². The number of ether oxygens (including phenoxy) is 1. The van der Waals surface area contributed by atoms with Crippen molar-refractivity contribution in [3.05, 3.63) is 69.5 Å². The first-order chi connectivity index (χ1) is 12.4. The molecule has 0 atom stereocenters. The van der Waals surface area contributed by atoms with Crippen LogP contribution in [0, 0.1) is 20.8 Å². The molecule has 0 aliphatic heterocycles. The largest absolute Gasteiger partial charge is 0.486 e. The van der Waals surface area contributed by atoms with E-state index in [0.717, 1.165) is 38.6 Å². The van der Waals surface area contributed by atoms with Crippen LogP contribution in [-0.2, 0) is 19.4 Å². The van der Waals surface area contributed by atoms with Crippen LogP contribution in [0.5, 0.6) is 5.75 Å². The fourth-order valence-electron chi connectivity index (χ4n) is 2.68. The van der Waals surface area contributed by atoms with Gasteiger partial charge >= 0.3 is 0 Å². The molecule has 26 heavy (non-hydrogen) atoms. The van der Waals surface area contributed by atoms with Gasteiger partial charge in [-0.2, -0.15) is 0 Å². The minimum absolute atomic E-state index is 0.370. The van der Waals surface area contributed by atoms with Gasteiger partial charge in [-0.1, -0.05) is 53.2 Å². The quantitative estimate of drug-likeness (QED) is 0.540. The topological polar surface area (TPSA) is 39.9 Å². The first kappa shape index (κ1) is 18.8. The summed E-state index contributed by atoms with van der Waals surface area (Å²) in [6.07, 6.45) is 0. The Morgan fingerprint density at radius 3 is 2.50 bits per heavy atom. The van der Waals surface area contributed by atoms with Gasteiger partial charge in [-0.05, 0) is 49.6 Å². The zero-order valence-electron chi connectivity index (χ0n) is 15.4. The molecule has 3 aromatic rings. The summed E-state index contributed by atoms with van der Waals surface area (Å²) in [4.78, 5) is 0. The van der Waals surface area contributed by atoms with Gasteiger partial charge in [0.2, 0.25) is 0 Å². The van der Waals surface area contributed by atoms with Crippen LogP contribution in [-0.4, -0.2) is 14.8 Å². The van der Waals surface area contributed by atoms with Crippen molar-refractivity contribution in [2.75, 3.05) is 0 Å². The fourth-order valence-corrected chi connectivity index (χ4v) is 3.67. The Labute approximate surface area is 163 Å². The number of hydrogen-bond acceptors (Lipinski definition) is 4. The van der Waals surface area contributed by atoms with Crippen LogP contribution in [0.15, 0.2) is 41.6 Å². The lowest BCUT2D eigenvalue weighted by Gasteiger charge is -2.10. The summed E-state index contributed by atoms with van der Waals surface area (Å²) in [7, 11) is 1.97. The normalized spacial score (nSPS) is 11.0. The number of rotatable bonds is 6. The molecule has 0 spiro atoms. The molecule has 0 saturated carbocycles. The van der Waals surface area contributed by atoms with Crippen LogP contribution in [0.2, 0.25) is 5.02 Å². The number of benzene rings is 2. The lowest BCUT2D eigenvalue weighted by atomic mass is 10.1. The predicted molar refractivity (Wildman–Crippen MR) is 107 cm³/mol. The molecule has 1 aromatic heterocycles. The Hall–Kier alpha value is -1.98. The number of thioether (sulfide) groups is 1. The molecule has 0 saturated heterocycles. The van der Waals surface area contributed by atoms with Crippen LogP contribution in [0.1, 0.15) is 28.1 Å². The number of aromatic nitrogens is 3. The van der Waals surface area contributed by atoms with Crippen molar-refractivity contribution in [2.45, 2.75) is 38.3 Å². The molecule has 0 radical (unpaired) electrons. The number of aryl methyl sites for hydroxylation is 3. The third-order valence-corrected chi connectivity index (χ3v) is 5.84. The minimum Gasteiger partial charge on any atom is -0.486 e. The van der Waals surface area contributed by atoms with E-state index in [4.69, 9.17) is 16.3 Å². The van der Waals surface area contributed by atoms with Crippen molar-refractivity contribution < 1.29 is 4.74 Å². The second-order valence-electron chi connectivity index (χ2n) is 6.40.